The Balaban J connectivity index is 1.48. The van der Waals surface area contributed by atoms with Crippen molar-refractivity contribution in [2.24, 2.45) is 0 Å². The van der Waals surface area contributed by atoms with Crippen LogP contribution in [0.4, 0.5) is 0 Å². The van der Waals surface area contributed by atoms with Crippen molar-refractivity contribution in [3.05, 3.63) is 35.4 Å². The molecule has 0 aliphatic carbocycles. The molecule has 1 aromatic carbocycles. The van der Waals surface area contributed by atoms with Crippen LogP contribution >= 0.6 is 0 Å². The zero-order valence-electron chi connectivity index (χ0n) is 12.9. The molecule has 0 atom stereocenters. The number of rotatable bonds is 3. The second kappa shape index (κ2) is 6.58. The Morgan fingerprint density at radius 2 is 1.76 bits per heavy atom. The van der Waals surface area contributed by atoms with Gasteiger partial charge < -0.3 is 14.7 Å². The molecular formula is C17H25N3O. The Hall–Kier alpha value is -1.39. The second-order valence-electron chi connectivity index (χ2n) is 6.23. The van der Waals surface area contributed by atoms with Crippen LogP contribution in [0.25, 0.3) is 0 Å². The van der Waals surface area contributed by atoms with Crippen LogP contribution < -0.4 is 0 Å². The molecule has 0 radical (unpaired) electrons. The largest absolute Gasteiger partial charge is 0.338 e. The Morgan fingerprint density at radius 3 is 2.52 bits per heavy atom. The van der Waals surface area contributed by atoms with Crippen molar-refractivity contribution in [2.45, 2.75) is 19.4 Å². The van der Waals surface area contributed by atoms with Gasteiger partial charge in [-0.3, -0.25) is 4.79 Å². The predicted molar refractivity (Wildman–Crippen MR) is 84.1 cm³/mol. The standard InChI is InChI=1S/C17H25N3O/c1-18-10-12-19(13-11-18)8-7-17(21)20-9-6-15-4-2-3-5-16(15)14-20/h2-5H,6-14H2,1H3. The summed E-state index contributed by atoms with van der Waals surface area (Å²) in [6.45, 7) is 6.98. The van der Waals surface area contributed by atoms with E-state index in [2.05, 4.69) is 41.1 Å². The fraction of sp³-hybridized carbons (Fsp3) is 0.588. The lowest BCUT2D eigenvalue weighted by atomic mass is 10.00. The number of fused-ring (bicyclic) bond motifs is 1. The number of carbonyl (C=O) groups is 1. The zero-order valence-corrected chi connectivity index (χ0v) is 12.9. The molecule has 114 valence electrons. The number of piperazine rings is 1. The van der Waals surface area contributed by atoms with E-state index >= 15 is 0 Å². The average molecular weight is 287 g/mol. The lowest BCUT2D eigenvalue weighted by molar-refractivity contribution is -0.132. The van der Waals surface area contributed by atoms with E-state index in [1.54, 1.807) is 0 Å². The van der Waals surface area contributed by atoms with Crippen molar-refractivity contribution in [3.63, 3.8) is 0 Å². The lowest BCUT2D eigenvalue weighted by Crippen LogP contribution is -2.46. The number of nitrogens with zero attached hydrogens (tertiary/aromatic N) is 3. The highest BCUT2D eigenvalue weighted by Crippen LogP contribution is 2.19. The van der Waals surface area contributed by atoms with Crippen LogP contribution in [0.2, 0.25) is 0 Å². The topological polar surface area (TPSA) is 26.8 Å². The molecule has 2 aliphatic rings. The Labute approximate surface area is 127 Å². The highest BCUT2D eigenvalue weighted by Gasteiger charge is 2.21. The molecule has 1 saturated heterocycles. The van der Waals surface area contributed by atoms with Gasteiger partial charge in [0.1, 0.15) is 0 Å². The third-order valence-corrected chi connectivity index (χ3v) is 4.72. The van der Waals surface area contributed by atoms with E-state index < -0.39 is 0 Å². The van der Waals surface area contributed by atoms with Gasteiger partial charge in [0.2, 0.25) is 5.91 Å². The van der Waals surface area contributed by atoms with Crippen molar-refractivity contribution in [1.29, 1.82) is 0 Å². The molecule has 0 saturated carbocycles. The smallest absolute Gasteiger partial charge is 0.224 e. The SMILES string of the molecule is CN1CCN(CCC(=O)N2CCc3ccccc3C2)CC1. The van der Waals surface area contributed by atoms with Crippen molar-refractivity contribution in [1.82, 2.24) is 14.7 Å². The fourth-order valence-corrected chi connectivity index (χ4v) is 3.19. The van der Waals surface area contributed by atoms with E-state index in [0.29, 0.717) is 12.3 Å². The summed E-state index contributed by atoms with van der Waals surface area (Å²) in [5.74, 6) is 0.309. The molecule has 3 rings (SSSR count). The van der Waals surface area contributed by atoms with Gasteiger partial charge in [0.25, 0.3) is 0 Å². The fourth-order valence-electron chi connectivity index (χ4n) is 3.19. The number of carbonyl (C=O) groups excluding carboxylic acids is 1. The molecule has 0 N–H and O–H groups in total. The molecule has 21 heavy (non-hydrogen) atoms. The highest BCUT2D eigenvalue weighted by molar-refractivity contribution is 5.76. The normalized spacial score (nSPS) is 20.3. The predicted octanol–water partition coefficient (Wildman–Crippen LogP) is 1.21. The maximum atomic E-state index is 12.4. The molecule has 0 unspecified atom stereocenters. The Kier molecular flexibility index (Phi) is 4.56. The van der Waals surface area contributed by atoms with Crippen LogP contribution in [0.1, 0.15) is 17.5 Å². The van der Waals surface area contributed by atoms with Gasteiger partial charge in [-0.15, -0.1) is 0 Å². The van der Waals surface area contributed by atoms with Crippen molar-refractivity contribution >= 4 is 5.91 Å². The first-order valence-corrected chi connectivity index (χ1v) is 7.98. The van der Waals surface area contributed by atoms with Crippen molar-refractivity contribution < 1.29 is 4.79 Å². The van der Waals surface area contributed by atoms with E-state index in [9.17, 15) is 4.79 Å². The molecule has 1 fully saturated rings. The quantitative estimate of drug-likeness (QED) is 0.836. The van der Waals surface area contributed by atoms with Gasteiger partial charge >= 0.3 is 0 Å². The number of benzene rings is 1. The average Bonchev–Trinajstić information content (AvgIpc) is 2.53. The summed E-state index contributed by atoms with van der Waals surface area (Å²) < 4.78 is 0. The Morgan fingerprint density at radius 1 is 1.05 bits per heavy atom. The summed E-state index contributed by atoms with van der Waals surface area (Å²) >= 11 is 0. The molecule has 1 aromatic rings. The number of hydrogen-bond acceptors (Lipinski definition) is 3. The maximum Gasteiger partial charge on any atom is 0.224 e. The third-order valence-electron chi connectivity index (χ3n) is 4.72. The van der Waals surface area contributed by atoms with Gasteiger partial charge in [0.15, 0.2) is 0 Å². The van der Waals surface area contributed by atoms with E-state index in [0.717, 1.165) is 52.2 Å². The first kappa shape index (κ1) is 14.5. The molecule has 4 nitrogen and oxygen atoms in total. The van der Waals surface area contributed by atoms with E-state index in [-0.39, 0.29) is 0 Å². The molecule has 4 heteroatoms. The zero-order chi connectivity index (χ0) is 14.7. The van der Waals surface area contributed by atoms with Gasteiger partial charge in [0, 0.05) is 52.2 Å². The number of likely N-dealkylation sites (N-methyl/N-ethyl adjacent to an activating group) is 1. The van der Waals surface area contributed by atoms with Crippen LogP contribution in [0.15, 0.2) is 24.3 Å². The first-order chi connectivity index (χ1) is 10.2. The summed E-state index contributed by atoms with van der Waals surface area (Å²) in [6.07, 6.45) is 1.66. The molecular weight excluding hydrogens is 262 g/mol. The Bertz CT molecular complexity index is 495. The minimum Gasteiger partial charge on any atom is -0.338 e. The van der Waals surface area contributed by atoms with Gasteiger partial charge in [0.05, 0.1) is 0 Å². The summed E-state index contributed by atoms with van der Waals surface area (Å²) in [5.41, 5.74) is 2.72. The van der Waals surface area contributed by atoms with Gasteiger partial charge in [-0.05, 0) is 24.6 Å². The third kappa shape index (κ3) is 3.63. The minimum atomic E-state index is 0.309. The lowest BCUT2D eigenvalue weighted by Gasteiger charge is -2.33. The first-order valence-electron chi connectivity index (χ1n) is 7.98. The van der Waals surface area contributed by atoms with Gasteiger partial charge in [-0.25, -0.2) is 0 Å². The van der Waals surface area contributed by atoms with Crippen LogP contribution in [0.3, 0.4) is 0 Å². The van der Waals surface area contributed by atoms with Gasteiger partial charge in [-0.1, -0.05) is 24.3 Å². The van der Waals surface area contributed by atoms with Crippen LogP contribution in [-0.4, -0.2) is 66.9 Å². The molecule has 1 amide bonds. The van der Waals surface area contributed by atoms with Crippen LogP contribution in [0, 0.1) is 0 Å². The summed E-state index contributed by atoms with van der Waals surface area (Å²) in [4.78, 5) is 19.2. The highest BCUT2D eigenvalue weighted by atomic mass is 16.2. The summed E-state index contributed by atoms with van der Waals surface area (Å²) in [6, 6.07) is 8.48. The summed E-state index contributed by atoms with van der Waals surface area (Å²) in [5, 5.41) is 0. The van der Waals surface area contributed by atoms with Gasteiger partial charge in [-0.2, -0.15) is 0 Å². The molecule has 2 heterocycles. The van der Waals surface area contributed by atoms with E-state index in [4.69, 9.17) is 0 Å². The molecule has 0 aromatic heterocycles. The second-order valence-corrected chi connectivity index (χ2v) is 6.23. The van der Waals surface area contributed by atoms with Crippen molar-refractivity contribution in [2.75, 3.05) is 46.3 Å². The molecule has 0 bridgehead atoms. The molecule has 0 spiro atoms. The summed E-state index contributed by atoms with van der Waals surface area (Å²) in [7, 11) is 2.16. The van der Waals surface area contributed by atoms with E-state index in [1.807, 2.05) is 4.90 Å². The number of hydrogen-bond donors (Lipinski definition) is 0. The van der Waals surface area contributed by atoms with Crippen LogP contribution in [0.5, 0.6) is 0 Å². The number of amides is 1. The maximum absolute atomic E-state index is 12.4. The van der Waals surface area contributed by atoms with Crippen molar-refractivity contribution in [3.8, 4) is 0 Å². The monoisotopic (exact) mass is 287 g/mol. The van der Waals surface area contributed by atoms with Crippen LogP contribution in [-0.2, 0) is 17.8 Å². The minimum absolute atomic E-state index is 0.309. The molecule has 2 aliphatic heterocycles. The van der Waals surface area contributed by atoms with E-state index in [1.165, 1.54) is 11.1 Å².